The summed E-state index contributed by atoms with van der Waals surface area (Å²) in [5.74, 6) is -0.599. The van der Waals surface area contributed by atoms with E-state index in [1.165, 1.54) is 17.2 Å². The number of fused-ring (bicyclic) bond motifs is 1. The number of carboxylic acids is 1. The van der Waals surface area contributed by atoms with Gasteiger partial charge in [0.1, 0.15) is 11.9 Å². The highest BCUT2D eigenvalue weighted by Gasteiger charge is 2.23. The summed E-state index contributed by atoms with van der Waals surface area (Å²) in [6, 6.07) is 13.1. The van der Waals surface area contributed by atoms with E-state index in [-0.39, 0.29) is 17.4 Å². The number of benzene rings is 2. The lowest BCUT2D eigenvalue weighted by Crippen LogP contribution is -2.16. The first-order valence-electron chi connectivity index (χ1n) is 7.03. The lowest BCUT2D eigenvalue weighted by Gasteiger charge is -2.27. The Morgan fingerprint density at radius 1 is 1.19 bits per heavy atom. The number of carbonyl (C=O) groups is 1. The summed E-state index contributed by atoms with van der Waals surface area (Å²) in [6.45, 7) is 0. The Kier molecular flexibility index (Phi) is 3.52. The molecule has 0 aliphatic heterocycles. The molecule has 1 atom stereocenters. The fourth-order valence-electron chi connectivity index (χ4n) is 2.82. The van der Waals surface area contributed by atoms with E-state index in [0.29, 0.717) is 5.75 Å². The Labute approximate surface area is 123 Å². The van der Waals surface area contributed by atoms with Crippen LogP contribution >= 0.6 is 0 Å². The highest BCUT2D eigenvalue weighted by atomic mass is 16.5. The van der Waals surface area contributed by atoms with Gasteiger partial charge in [0.25, 0.3) is 0 Å². The Balaban J connectivity index is 1.92. The highest BCUT2D eigenvalue weighted by Crippen LogP contribution is 2.36. The maximum Gasteiger partial charge on any atom is 0.337 e. The first-order valence-corrected chi connectivity index (χ1v) is 7.03. The van der Waals surface area contributed by atoms with Crippen LogP contribution in [0.25, 0.3) is 0 Å². The Hall–Kier alpha value is -2.49. The molecule has 0 saturated heterocycles. The molecule has 2 aromatic carbocycles. The average molecular weight is 283 g/mol. The van der Waals surface area contributed by atoms with E-state index < -0.39 is 5.97 Å². The summed E-state index contributed by atoms with van der Waals surface area (Å²) in [6.07, 6.45) is 2.95. The highest BCUT2D eigenvalue weighted by molar-refractivity contribution is 5.95. The van der Waals surface area contributed by atoms with Gasteiger partial charge in [-0.25, -0.2) is 4.79 Å². The van der Waals surface area contributed by atoms with Gasteiger partial charge in [0, 0.05) is 0 Å². The molecule has 1 aliphatic carbocycles. The van der Waals surface area contributed by atoms with Crippen LogP contribution in [0.3, 0.4) is 0 Å². The van der Waals surface area contributed by atoms with Crippen molar-refractivity contribution in [2.75, 3.05) is 5.73 Å². The molecule has 0 bridgehead atoms. The summed E-state index contributed by atoms with van der Waals surface area (Å²) >= 11 is 0. The molecule has 1 aliphatic rings. The van der Waals surface area contributed by atoms with Gasteiger partial charge in [0.2, 0.25) is 0 Å². The van der Waals surface area contributed by atoms with Gasteiger partial charge >= 0.3 is 5.97 Å². The quantitative estimate of drug-likeness (QED) is 0.846. The van der Waals surface area contributed by atoms with Gasteiger partial charge in [-0.3, -0.25) is 0 Å². The zero-order valence-corrected chi connectivity index (χ0v) is 11.6. The minimum Gasteiger partial charge on any atom is -0.484 e. The Bertz CT molecular complexity index is 681. The second-order valence-electron chi connectivity index (χ2n) is 5.22. The molecule has 0 radical (unpaired) electrons. The summed E-state index contributed by atoms with van der Waals surface area (Å²) in [5, 5.41) is 9.12. The van der Waals surface area contributed by atoms with Gasteiger partial charge in [-0.1, -0.05) is 30.3 Å². The third kappa shape index (κ3) is 2.57. The fourth-order valence-corrected chi connectivity index (χ4v) is 2.82. The van der Waals surface area contributed by atoms with Gasteiger partial charge in [0.15, 0.2) is 0 Å². The molecule has 4 nitrogen and oxygen atoms in total. The van der Waals surface area contributed by atoms with Crippen molar-refractivity contribution in [2.45, 2.75) is 25.4 Å². The molecule has 0 fully saturated rings. The first kappa shape index (κ1) is 13.5. The Morgan fingerprint density at radius 3 is 2.81 bits per heavy atom. The van der Waals surface area contributed by atoms with Crippen molar-refractivity contribution in [3.8, 4) is 5.75 Å². The zero-order valence-electron chi connectivity index (χ0n) is 11.6. The third-order valence-electron chi connectivity index (χ3n) is 3.88. The van der Waals surface area contributed by atoms with E-state index >= 15 is 0 Å². The maximum atomic E-state index is 11.1. The Morgan fingerprint density at radius 2 is 2.00 bits per heavy atom. The van der Waals surface area contributed by atoms with Gasteiger partial charge in [-0.15, -0.1) is 0 Å². The lowest BCUT2D eigenvalue weighted by molar-refractivity contribution is 0.0697. The summed E-state index contributed by atoms with van der Waals surface area (Å²) < 4.78 is 6.02. The number of anilines is 1. The second-order valence-corrected chi connectivity index (χ2v) is 5.22. The van der Waals surface area contributed by atoms with Gasteiger partial charge in [-0.2, -0.15) is 0 Å². The molecule has 21 heavy (non-hydrogen) atoms. The standard InChI is InChI=1S/C17H17NO3/c18-16-13(17(19)20)8-4-10-15(16)21-14-9-3-6-11-5-1-2-7-12(11)14/h1-2,4-5,7-8,10,14H,3,6,9,18H2,(H,19,20). The third-order valence-corrected chi connectivity index (χ3v) is 3.88. The summed E-state index contributed by atoms with van der Waals surface area (Å²) in [7, 11) is 0. The van der Waals surface area contributed by atoms with Crippen LogP contribution < -0.4 is 10.5 Å². The normalized spacial score (nSPS) is 17.0. The van der Waals surface area contributed by atoms with Gasteiger partial charge < -0.3 is 15.6 Å². The molecule has 0 saturated carbocycles. The van der Waals surface area contributed by atoms with E-state index in [9.17, 15) is 4.79 Å². The van der Waals surface area contributed by atoms with Gasteiger partial charge in [0.05, 0.1) is 11.3 Å². The van der Waals surface area contributed by atoms with Crippen molar-refractivity contribution in [2.24, 2.45) is 0 Å². The lowest BCUT2D eigenvalue weighted by atomic mass is 9.89. The molecule has 108 valence electrons. The number of para-hydroxylation sites is 1. The van der Waals surface area contributed by atoms with Crippen molar-refractivity contribution in [1.82, 2.24) is 0 Å². The number of carboxylic acid groups (broad SMARTS) is 1. The van der Waals surface area contributed by atoms with Crippen LogP contribution in [0.5, 0.6) is 5.75 Å². The van der Waals surface area contributed by atoms with Crippen molar-refractivity contribution in [1.29, 1.82) is 0 Å². The molecule has 0 heterocycles. The minimum absolute atomic E-state index is 0.0682. The minimum atomic E-state index is -1.04. The second kappa shape index (κ2) is 5.48. The number of aryl methyl sites for hydroxylation is 1. The summed E-state index contributed by atoms with van der Waals surface area (Å²) in [4.78, 5) is 11.1. The predicted octanol–water partition coefficient (Wildman–Crippen LogP) is 3.42. The number of aromatic carboxylic acids is 1. The first-order chi connectivity index (χ1) is 10.2. The number of hydrogen-bond donors (Lipinski definition) is 2. The molecular formula is C17H17NO3. The number of ether oxygens (including phenoxy) is 1. The van der Waals surface area contributed by atoms with E-state index in [0.717, 1.165) is 19.3 Å². The van der Waals surface area contributed by atoms with Crippen LogP contribution in [0.1, 0.15) is 40.4 Å². The van der Waals surface area contributed by atoms with Crippen LogP contribution in [0.2, 0.25) is 0 Å². The maximum absolute atomic E-state index is 11.1. The molecular weight excluding hydrogens is 266 g/mol. The number of hydrogen-bond acceptors (Lipinski definition) is 3. The van der Waals surface area contributed by atoms with Crippen molar-refractivity contribution in [3.05, 3.63) is 59.2 Å². The fraction of sp³-hybridized carbons (Fsp3) is 0.235. The van der Waals surface area contributed by atoms with Crippen LogP contribution in [0, 0.1) is 0 Å². The van der Waals surface area contributed by atoms with Crippen molar-refractivity contribution < 1.29 is 14.6 Å². The van der Waals surface area contributed by atoms with Crippen LogP contribution in [-0.2, 0) is 6.42 Å². The van der Waals surface area contributed by atoms with Crippen molar-refractivity contribution in [3.63, 3.8) is 0 Å². The van der Waals surface area contributed by atoms with E-state index in [2.05, 4.69) is 12.1 Å². The van der Waals surface area contributed by atoms with Crippen molar-refractivity contribution >= 4 is 11.7 Å². The summed E-state index contributed by atoms with van der Waals surface area (Å²) in [5.41, 5.74) is 8.65. The average Bonchev–Trinajstić information content (AvgIpc) is 2.49. The topological polar surface area (TPSA) is 72.5 Å². The molecule has 0 amide bonds. The zero-order chi connectivity index (χ0) is 14.8. The molecule has 2 aromatic rings. The molecule has 3 rings (SSSR count). The van der Waals surface area contributed by atoms with E-state index in [1.807, 2.05) is 12.1 Å². The van der Waals surface area contributed by atoms with Crippen LogP contribution in [0.15, 0.2) is 42.5 Å². The number of nitrogens with two attached hydrogens (primary N) is 1. The van der Waals surface area contributed by atoms with E-state index in [1.54, 1.807) is 12.1 Å². The largest absolute Gasteiger partial charge is 0.484 e. The van der Waals surface area contributed by atoms with Gasteiger partial charge in [-0.05, 0) is 42.5 Å². The molecule has 1 unspecified atom stereocenters. The SMILES string of the molecule is Nc1c(OC2CCCc3ccccc32)cccc1C(=O)O. The molecule has 3 N–H and O–H groups in total. The smallest absolute Gasteiger partial charge is 0.337 e. The number of nitrogen functional groups attached to an aromatic ring is 1. The monoisotopic (exact) mass is 283 g/mol. The molecule has 0 aromatic heterocycles. The molecule has 0 spiro atoms. The van der Waals surface area contributed by atoms with Crippen LogP contribution in [0.4, 0.5) is 5.69 Å². The number of rotatable bonds is 3. The predicted molar refractivity (Wildman–Crippen MR) is 80.6 cm³/mol. The van der Waals surface area contributed by atoms with E-state index in [4.69, 9.17) is 15.6 Å². The molecule has 4 heteroatoms. The van der Waals surface area contributed by atoms with Crippen LogP contribution in [-0.4, -0.2) is 11.1 Å².